The smallest absolute Gasteiger partial charge is 0.227 e. The molecular weight excluding hydrogens is 455 g/mol. The lowest BCUT2D eigenvalue weighted by Gasteiger charge is -2.32. The number of aliphatic hydroxyl groups is 2. The lowest BCUT2D eigenvalue weighted by molar-refractivity contribution is -0.189. The van der Waals surface area contributed by atoms with E-state index < -0.39 is 24.5 Å². The molecule has 1 fully saturated rings. The fraction of sp³-hybridized carbons (Fsp3) is 0.348. The van der Waals surface area contributed by atoms with E-state index >= 15 is 0 Å². The number of aromatic nitrogens is 1. The van der Waals surface area contributed by atoms with Gasteiger partial charge in [0, 0.05) is 30.6 Å². The largest absolute Gasteiger partial charge is 0.497 e. The predicted molar refractivity (Wildman–Crippen MR) is 122 cm³/mol. The van der Waals surface area contributed by atoms with Crippen molar-refractivity contribution in [2.45, 2.75) is 37.5 Å². The molecular formula is C23H22Cl2N2O5. The average molecular weight is 477 g/mol. The van der Waals surface area contributed by atoms with Crippen molar-refractivity contribution in [1.82, 2.24) is 4.57 Å². The van der Waals surface area contributed by atoms with E-state index in [0.717, 1.165) is 27.8 Å². The van der Waals surface area contributed by atoms with Gasteiger partial charge < -0.3 is 29.0 Å². The van der Waals surface area contributed by atoms with Crippen LogP contribution in [-0.4, -0.2) is 58.9 Å². The van der Waals surface area contributed by atoms with Crippen LogP contribution >= 0.6 is 23.2 Å². The van der Waals surface area contributed by atoms with Gasteiger partial charge in [-0.05, 0) is 29.8 Å². The molecule has 0 bridgehead atoms. The molecule has 168 valence electrons. The highest BCUT2D eigenvalue weighted by Gasteiger charge is 2.44. The Morgan fingerprint density at radius 2 is 2.03 bits per heavy atom. The van der Waals surface area contributed by atoms with Crippen molar-refractivity contribution in [3.8, 4) is 5.75 Å². The number of benzene rings is 2. The zero-order chi connectivity index (χ0) is 22.4. The molecule has 2 aliphatic heterocycles. The zero-order valence-electron chi connectivity index (χ0n) is 17.2. The molecule has 9 heteroatoms. The minimum Gasteiger partial charge on any atom is -0.497 e. The summed E-state index contributed by atoms with van der Waals surface area (Å²) in [6, 6.07) is 10.8. The van der Waals surface area contributed by atoms with Gasteiger partial charge in [0.15, 0.2) is 0 Å². The van der Waals surface area contributed by atoms with Crippen LogP contribution in [0, 0.1) is 0 Å². The van der Waals surface area contributed by atoms with Gasteiger partial charge in [0.05, 0.1) is 47.1 Å². The van der Waals surface area contributed by atoms with E-state index in [1.54, 1.807) is 13.2 Å². The number of ether oxygens (including phenoxy) is 3. The predicted octanol–water partition coefficient (Wildman–Crippen LogP) is 3.62. The number of hydrogen-bond acceptors (Lipinski definition) is 6. The highest BCUT2D eigenvalue weighted by molar-refractivity contribution is 6.42. The Labute approximate surface area is 194 Å². The zero-order valence-corrected chi connectivity index (χ0v) is 18.8. The maximum atomic E-state index is 10.5. The number of halogens is 2. The Morgan fingerprint density at radius 1 is 1.19 bits per heavy atom. The normalized spacial score (nSPS) is 24.8. The lowest BCUT2D eigenvalue weighted by Crippen LogP contribution is -2.47. The third-order valence-corrected chi connectivity index (χ3v) is 6.60. The van der Waals surface area contributed by atoms with Crippen molar-refractivity contribution >= 4 is 40.0 Å². The molecule has 0 aliphatic carbocycles. The SMILES string of the molecule is COc1ccc2c(C3=N[C@@H]4C(O)CC(CO)O[C@@H]4O3)cn(Cc3ccc(Cl)c(Cl)c3)c2c1. The average Bonchev–Trinajstić information content (AvgIpc) is 3.37. The molecule has 2 aromatic carbocycles. The first-order valence-electron chi connectivity index (χ1n) is 10.3. The first kappa shape index (κ1) is 21.6. The van der Waals surface area contributed by atoms with Crippen molar-refractivity contribution in [3.63, 3.8) is 0 Å². The summed E-state index contributed by atoms with van der Waals surface area (Å²) in [5.74, 6) is 1.13. The molecule has 0 amide bonds. The van der Waals surface area contributed by atoms with Gasteiger partial charge in [-0.1, -0.05) is 29.3 Å². The van der Waals surface area contributed by atoms with E-state index in [1.165, 1.54) is 0 Å². The van der Waals surface area contributed by atoms with Crippen LogP contribution in [0.25, 0.3) is 10.9 Å². The molecule has 1 saturated heterocycles. The van der Waals surface area contributed by atoms with Crippen LogP contribution in [0.2, 0.25) is 10.0 Å². The molecule has 32 heavy (non-hydrogen) atoms. The minimum atomic E-state index is -0.743. The van der Waals surface area contributed by atoms with Crippen molar-refractivity contribution in [1.29, 1.82) is 0 Å². The van der Waals surface area contributed by atoms with Gasteiger partial charge in [0.1, 0.15) is 11.8 Å². The third kappa shape index (κ3) is 3.84. The molecule has 0 radical (unpaired) electrons. The summed E-state index contributed by atoms with van der Waals surface area (Å²) in [5.41, 5.74) is 2.70. The van der Waals surface area contributed by atoms with E-state index in [1.807, 2.05) is 36.5 Å². The molecule has 2 N–H and O–H groups in total. The summed E-state index contributed by atoms with van der Waals surface area (Å²) in [6.07, 6.45) is 0.332. The summed E-state index contributed by atoms with van der Waals surface area (Å²) in [7, 11) is 1.62. The molecule has 3 aromatic rings. The fourth-order valence-corrected chi connectivity index (χ4v) is 4.54. The molecule has 7 nitrogen and oxygen atoms in total. The van der Waals surface area contributed by atoms with Crippen LogP contribution < -0.4 is 4.74 Å². The number of aliphatic imine (C=N–C) groups is 1. The Bertz CT molecular complexity index is 1190. The van der Waals surface area contributed by atoms with Crippen LogP contribution in [0.5, 0.6) is 5.75 Å². The number of aliphatic hydroxyl groups excluding tert-OH is 2. The Morgan fingerprint density at radius 3 is 2.78 bits per heavy atom. The van der Waals surface area contributed by atoms with Gasteiger partial charge >= 0.3 is 0 Å². The Balaban J connectivity index is 1.54. The van der Waals surface area contributed by atoms with Gasteiger partial charge in [-0.2, -0.15) is 0 Å². The standard InChI is InChI=1S/C23H22Cl2N2O5/c1-30-13-3-4-15-16(22-26-21-20(29)8-14(11-28)31-23(21)32-22)10-27(19(15)7-13)9-12-2-5-17(24)18(25)6-12/h2-7,10,14,20-21,23,28-29H,8-9,11H2,1H3/t14?,20?,21-,23-/m1/s1. The Kier molecular flexibility index (Phi) is 5.77. The highest BCUT2D eigenvalue weighted by Crippen LogP contribution is 2.34. The van der Waals surface area contributed by atoms with Crippen molar-refractivity contribution in [3.05, 3.63) is 63.8 Å². The van der Waals surface area contributed by atoms with Crippen LogP contribution in [0.1, 0.15) is 17.5 Å². The quantitative estimate of drug-likeness (QED) is 0.587. The summed E-state index contributed by atoms with van der Waals surface area (Å²) in [6.45, 7) is 0.369. The van der Waals surface area contributed by atoms with Crippen molar-refractivity contribution in [2.24, 2.45) is 4.99 Å². The molecule has 0 spiro atoms. The lowest BCUT2D eigenvalue weighted by atomic mass is 10.0. The van der Waals surface area contributed by atoms with E-state index in [9.17, 15) is 10.2 Å². The highest BCUT2D eigenvalue weighted by atomic mass is 35.5. The van der Waals surface area contributed by atoms with E-state index in [2.05, 4.69) is 9.56 Å². The monoisotopic (exact) mass is 476 g/mol. The maximum Gasteiger partial charge on any atom is 0.227 e. The van der Waals surface area contributed by atoms with Crippen LogP contribution in [0.3, 0.4) is 0 Å². The van der Waals surface area contributed by atoms with Crippen LogP contribution in [-0.2, 0) is 16.0 Å². The van der Waals surface area contributed by atoms with Crippen molar-refractivity contribution < 1.29 is 24.4 Å². The van der Waals surface area contributed by atoms with Crippen LogP contribution in [0.4, 0.5) is 0 Å². The van der Waals surface area contributed by atoms with E-state index in [4.69, 9.17) is 37.4 Å². The third-order valence-electron chi connectivity index (χ3n) is 5.86. The first-order chi connectivity index (χ1) is 15.5. The van der Waals surface area contributed by atoms with Crippen LogP contribution in [0.15, 0.2) is 47.6 Å². The summed E-state index contributed by atoms with van der Waals surface area (Å²) in [4.78, 5) is 4.62. The molecule has 3 heterocycles. The summed E-state index contributed by atoms with van der Waals surface area (Å²) < 4.78 is 19.2. The molecule has 2 aliphatic rings. The molecule has 1 aromatic heterocycles. The van der Waals surface area contributed by atoms with Gasteiger partial charge in [-0.15, -0.1) is 0 Å². The van der Waals surface area contributed by atoms with E-state index in [0.29, 0.717) is 28.9 Å². The van der Waals surface area contributed by atoms with E-state index in [-0.39, 0.29) is 6.61 Å². The molecule has 5 rings (SSSR count). The fourth-order valence-electron chi connectivity index (χ4n) is 4.22. The van der Waals surface area contributed by atoms with Crippen molar-refractivity contribution in [2.75, 3.05) is 13.7 Å². The second kappa shape index (κ2) is 8.57. The first-order valence-corrected chi connectivity index (χ1v) is 11.0. The topological polar surface area (TPSA) is 85.4 Å². The minimum absolute atomic E-state index is 0.179. The molecule has 2 unspecified atom stereocenters. The van der Waals surface area contributed by atoms with Gasteiger partial charge in [0.2, 0.25) is 12.2 Å². The number of nitrogens with zero attached hydrogens (tertiary/aromatic N) is 2. The van der Waals surface area contributed by atoms with Gasteiger partial charge in [-0.25, -0.2) is 4.99 Å². The number of rotatable bonds is 5. The number of methoxy groups -OCH3 is 1. The number of fused-ring (bicyclic) bond motifs is 2. The summed E-state index contributed by atoms with van der Waals surface area (Å²) >= 11 is 12.3. The molecule has 4 atom stereocenters. The maximum absolute atomic E-state index is 10.5. The Hall–Kier alpha value is -2.29. The summed E-state index contributed by atoms with van der Waals surface area (Å²) in [5, 5.41) is 21.8. The number of hydrogen-bond donors (Lipinski definition) is 2. The van der Waals surface area contributed by atoms with Gasteiger partial charge in [0.25, 0.3) is 0 Å². The second-order valence-corrected chi connectivity index (χ2v) is 8.77. The molecule has 0 saturated carbocycles. The second-order valence-electron chi connectivity index (χ2n) is 7.96. The van der Waals surface area contributed by atoms with Gasteiger partial charge in [-0.3, -0.25) is 0 Å².